The predicted octanol–water partition coefficient (Wildman–Crippen LogP) is 2.15. The van der Waals surface area contributed by atoms with Gasteiger partial charge in [0.15, 0.2) is 0 Å². The molecule has 1 unspecified atom stereocenters. The fourth-order valence-electron chi connectivity index (χ4n) is 1.69. The second-order valence-electron chi connectivity index (χ2n) is 5.07. The minimum Gasteiger partial charge on any atom is -0.376 e. The predicted molar refractivity (Wildman–Crippen MR) is 85.5 cm³/mol. The van der Waals surface area contributed by atoms with Gasteiger partial charge in [-0.15, -0.1) is 0 Å². The lowest BCUT2D eigenvalue weighted by atomic mass is 10.1. The fraction of sp³-hybridized carbons (Fsp3) is 0.500. The topological polar surface area (TPSA) is 70.2 Å². The summed E-state index contributed by atoms with van der Waals surface area (Å²) in [5.74, 6) is -0.144. The Morgan fingerprint density at radius 2 is 2.00 bits per heavy atom. The molecule has 0 saturated carbocycles. The molecule has 0 saturated heterocycles. The molecule has 21 heavy (non-hydrogen) atoms. The molecule has 0 aromatic heterocycles. The first kappa shape index (κ1) is 17.0. The molecule has 0 radical (unpaired) electrons. The van der Waals surface area contributed by atoms with Crippen molar-refractivity contribution in [1.29, 1.82) is 0 Å². The third-order valence-corrected chi connectivity index (χ3v) is 3.14. The van der Waals surface area contributed by atoms with Gasteiger partial charge in [-0.2, -0.15) is 0 Å². The average molecular weight is 291 g/mol. The molecule has 0 fully saturated rings. The first-order chi connectivity index (χ1) is 10.1. The van der Waals surface area contributed by atoms with Crippen molar-refractivity contribution in [2.45, 2.75) is 39.7 Å². The molecule has 0 aliphatic carbocycles. The molecule has 0 heterocycles. The van der Waals surface area contributed by atoms with Crippen LogP contribution < -0.4 is 16.0 Å². The van der Waals surface area contributed by atoms with Crippen LogP contribution in [0.1, 0.15) is 44.0 Å². The van der Waals surface area contributed by atoms with E-state index < -0.39 is 0 Å². The first-order valence-corrected chi connectivity index (χ1v) is 7.48. The normalized spacial score (nSPS) is 11.6. The van der Waals surface area contributed by atoms with E-state index in [1.54, 1.807) is 18.2 Å². The minimum atomic E-state index is -0.0940. The van der Waals surface area contributed by atoms with Crippen molar-refractivity contribution in [3.05, 3.63) is 29.8 Å². The van der Waals surface area contributed by atoms with Crippen LogP contribution in [0.4, 0.5) is 5.69 Å². The smallest absolute Gasteiger partial charge is 0.251 e. The summed E-state index contributed by atoms with van der Waals surface area (Å²) in [5, 5.41) is 8.74. The summed E-state index contributed by atoms with van der Waals surface area (Å²) in [4.78, 5) is 23.6. The zero-order chi connectivity index (χ0) is 15.7. The summed E-state index contributed by atoms with van der Waals surface area (Å²) in [7, 11) is 0. The molecule has 0 spiro atoms. The molecule has 1 aromatic carbocycles. The number of hydrogen-bond donors (Lipinski definition) is 3. The average Bonchev–Trinajstić information content (AvgIpc) is 2.50. The van der Waals surface area contributed by atoms with Gasteiger partial charge in [-0.3, -0.25) is 9.59 Å². The lowest BCUT2D eigenvalue weighted by molar-refractivity contribution is -0.119. The van der Waals surface area contributed by atoms with Crippen molar-refractivity contribution in [2.24, 2.45) is 0 Å². The van der Waals surface area contributed by atoms with Crippen LogP contribution in [0.15, 0.2) is 24.3 Å². The molecule has 1 atom stereocenters. The summed E-state index contributed by atoms with van der Waals surface area (Å²) < 4.78 is 0. The SMILES string of the molecule is CCCNC(=O)CNc1cccc(C(=O)NC(C)CC)c1. The molecule has 0 aliphatic rings. The second-order valence-corrected chi connectivity index (χ2v) is 5.07. The van der Waals surface area contributed by atoms with Crippen molar-refractivity contribution in [3.63, 3.8) is 0 Å². The van der Waals surface area contributed by atoms with E-state index in [1.165, 1.54) is 0 Å². The van der Waals surface area contributed by atoms with Gasteiger partial charge in [0.05, 0.1) is 6.54 Å². The van der Waals surface area contributed by atoms with Gasteiger partial charge < -0.3 is 16.0 Å². The van der Waals surface area contributed by atoms with Crippen molar-refractivity contribution in [3.8, 4) is 0 Å². The molecule has 1 rings (SSSR count). The summed E-state index contributed by atoms with van der Waals surface area (Å²) in [6, 6.07) is 7.31. The summed E-state index contributed by atoms with van der Waals surface area (Å²) in [6.45, 7) is 6.89. The third kappa shape index (κ3) is 6.29. The Kier molecular flexibility index (Phi) is 7.29. The van der Waals surface area contributed by atoms with Crippen molar-refractivity contribution in [1.82, 2.24) is 10.6 Å². The maximum Gasteiger partial charge on any atom is 0.251 e. The lowest BCUT2D eigenvalue weighted by Gasteiger charge is -2.12. The van der Waals surface area contributed by atoms with Gasteiger partial charge in [0.2, 0.25) is 5.91 Å². The molecule has 5 heteroatoms. The fourth-order valence-corrected chi connectivity index (χ4v) is 1.69. The minimum absolute atomic E-state index is 0.0497. The van der Waals surface area contributed by atoms with Gasteiger partial charge in [-0.05, 0) is 38.0 Å². The van der Waals surface area contributed by atoms with Crippen molar-refractivity contribution < 1.29 is 9.59 Å². The van der Waals surface area contributed by atoms with E-state index in [-0.39, 0.29) is 24.4 Å². The number of amides is 2. The Morgan fingerprint density at radius 1 is 1.24 bits per heavy atom. The van der Waals surface area contributed by atoms with Gasteiger partial charge in [0, 0.05) is 23.8 Å². The molecule has 3 N–H and O–H groups in total. The standard InChI is InChI=1S/C16H25N3O2/c1-4-9-17-15(20)11-18-14-8-6-7-13(10-14)16(21)19-12(3)5-2/h6-8,10,12,18H,4-5,9,11H2,1-3H3,(H,17,20)(H,19,21). The van der Waals surface area contributed by atoms with Crippen LogP contribution in [0.5, 0.6) is 0 Å². The lowest BCUT2D eigenvalue weighted by Crippen LogP contribution is -2.32. The highest BCUT2D eigenvalue weighted by atomic mass is 16.2. The van der Waals surface area contributed by atoms with Gasteiger partial charge in [-0.25, -0.2) is 0 Å². The summed E-state index contributed by atoms with van der Waals surface area (Å²) in [5.41, 5.74) is 1.35. The molecule has 116 valence electrons. The zero-order valence-electron chi connectivity index (χ0n) is 13.0. The monoisotopic (exact) mass is 291 g/mol. The third-order valence-electron chi connectivity index (χ3n) is 3.14. The van der Waals surface area contributed by atoms with Crippen molar-refractivity contribution >= 4 is 17.5 Å². The maximum atomic E-state index is 12.0. The van der Waals surface area contributed by atoms with Crippen LogP contribution in [0.3, 0.4) is 0 Å². The highest BCUT2D eigenvalue weighted by Gasteiger charge is 2.09. The summed E-state index contributed by atoms with van der Waals surface area (Å²) >= 11 is 0. The maximum absolute atomic E-state index is 12.0. The molecular weight excluding hydrogens is 266 g/mol. The van der Waals surface area contributed by atoms with Crippen molar-refractivity contribution in [2.75, 3.05) is 18.4 Å². The van der Waals surface area contributed by atoms with Crippen LogP contribution in [0, 0.1) is 0 Å². The number of rotatable bonds is 8. The van der Waals surface area contributed by atoms with E-state index in [9.17, 15) is 9.59 Å². The molecule has 0 aliphatic heterocycles. The number of nitrogens with one attached hydrogen (secondary N) is 3. The quantitative estimate of drug-likeness (QED) is 0.687. The number of anilines is 1. The van der Waals surface area contributed by atoms with Crippen LogP contribution in [-0.2, 0) is 4.79 Å². The van der Waals surface area contributed by atoms with Crippen LogP contribution in [-0.4, -0.2) is 30.9 Å². The highest BCUT2D eigenvalue weighted by molar-refractivity contribution is 5.95. The van der Waals surface area contributed by atoms with Crippen LogP contribution in [0.2, 0.25) is 0 Å². The summed E-state index contributed by atoms with van der Waals surface area (Å²) in [6.07, 6.45) is 1.80. The first-order valence-electron chi connectivity index (χ1n) is 7.48. The Morgan fingerprint density at radius 3 is 2.67 bits per heavy atom. The Hall–Kier alpha value is -2.04. The second kappa shape index (κ2) is 9.00. The Balaban J connectivity index is 2.56. The van der Waals surface area contributed by atoms with Crippen LogP contribution >= 0.6 is 0 Å². The highest BCUT2D eigenvalue weighted by Crippen LogP contribution is 2.10. The van der Waals surface area contributed by atoms with Crippen LogP contribution in [0.25, 0.3) is 0 Å². The van der Waals surface area contributed by atoms with E-state index >= 15 is 0 Å². The van der Waals surface area contributed by atoms with Gasteiger partial charge >= 0.3 is 0 Å². The molecular formula is C16H25N3O2. The molecule has 2 amide bonds. The number of carbonyl (C=O) groups excluding carboxylic acids is 2. The van der Waals surface area contributed by atoms with E-state index in [0.29, 0.717) is 12.1 Å². The molecule has 0 bridgehead atoms. The Bertz CT molecular complexity index is 474. The number of hydrogen-bond acceptors (Lipinski definition) is 3. The number of carbonyl (C=O) groups is 2. The van der Waals surface area contributed by atoms with E-state index in [1.807, 2.05) is 26.8 Å². The zero-order valence-corrected chi connectivity index (χ0v) is 13.0. The largest absolute Gasteiger partial charge is 0.376 e. The van der Waals surface area contributed by atoms with Gasteiger partial charge in [-0.1, -0.05) is 19.9 Å². The number of benzene rings is 1. The molecule has 5 nitrogen and oxygen atoms in total. The molecule has 1 aromatic rings. The van der Waals surface area contributed by atoms with Gasteiger partial charge in [0.25, 0.3) is 5.91 Å². The Labute approximate surface area is 126 Å². The van der Waals surface area contributed by atoms with E-state index in [2.05, 4.69) is 16.0 Å². The van der Waals surface area contributed by atoms with Gasteiger partial charge in [0.1, 0.15) is 0 Å². The van der Waals surface area contributed by atoms with E-state index in [4.69, 9.17) is 0 Å². The van der Waals surface area contributed by atoms with E-state index in [0.717, 1.165) is 18.5 Å².